The second-order valence-corrected chi connectivity index (χ2v) is 7.49. The summed E-state index contributed by atoms with van der Waals surface area (Å²) >= 11 is 0. The van der Waals surface area contributed by atoms with Gasteiger partial charge in [0.15, 0.2) is 23.9 Å². The molecule has 1 aliphatic rings. The smallest absolute Gasteiger partial charge is 0.331 e. The summed E-state index contributed by atoms with van der Waals surface area (Å²) in [6.07, 6.45) is 3.27. The molecule has 0 fully saturated rings. The van der Waals surface area contributed by atoms with Crippen LogP contribution in [0.4, 0.5) is 5.69 Å². The Morgan fingerprint density at radius 2 is 1.74 bits per heavy atom. The molecule has 31 heavy (non-hydrogen) atoms. The quantitative estimate of drug-likeness (QED) is 0.394. The highest BCUT2D eigenvalue weighted by molar-refractivity contribution is 5.99. The number of rotatable bonds is 8. The Morgan fingerprint density at radius 1 is 1.03 bits per heavy atom. The van der Waals surface area contributed by atoms with Gasteiger partial charge in [0.05, 0.1) is 0 Å². The van der Waals surface area contributed by atoms with E-state index in [4.69, 9.17) is 14.2 Å². The molecule has 1 amide bonds. The Bertz CT molecular complexity index is 978. The molecule has 0 atom stereocenters. The number of carbonyl (C=O) groups is 3. The average molecular weight is 423 g/mol. The van der Waals surface area contributed by atoms with E-state index in [1.807, 2.05) is 13.8 Å². The van der Waals surface area contributed by atoms with E-state index in [9.17, 15) is 14.4 Å². The summed E-state index contributed by atoms with van der Waals surface area (Å²) in [5.41, 5.74) is 1.76. The molecular formula is C24H25NO6. The summed E-state index contributed by atoms with van der Waals surface area (Å²) in [5.74, 6) is 0.525. The van der Waals surface area contributed by atoms with Crippen LogP contribution in [0.25, 0.3) is 6.08 Å². The van der Waals surface area contributed by atoms with Gasteiger partial charge in [-0.05, 0) is 54.0 Å². The Hall–Kier alpha value is -3.61. The molecule has 0 spiro atoms. The molecule has 0 aromatic heterocycles. The highest BCUT2D eigenvalue weighted by Gasteiger charge is 2.12. The van der Waals surface area contributed by atoms with Crippen molar-refractivity contribution < 1.29 is 28.6 Å². The first-order valence-electron chi connectivity index (χ1n) is 10.1. The topological polar surface area (TPSA) is 90.9 Å². The number of esters is 1. The first-order valence-corrected chi connectivity index (χ1v) is 10.1. The van der Waals surface area contributed by atoms with Crippen LogP contribution in [-0.4, -0.2) is 37.5 Å². The summed E-state index contributed by atoms with van der Waals surface area (Å²) in [5, 5.41) is 2.78. The van der Waals surface area contributed by atoms with Crippen LogP contribution in [0.1, 0.15) is 36.2 Å². The van der Waals surface area contributed by atoms with Crippen LogP contribution in [0.5, 0.6) is 11.5 Å². The fourth-order valence-corrected chi connectivity index (χ4v) is 2.92. The van der Waals surface area contributed by atoms with Gasteiger partial charge in [0.1, 0.15) is 13.2 Å². The third kappa shape index (κ3) is 6.70. The predicted octanol–water partition coefficient (Wildman–Crippen LogP) is 3.88. The number of anilines is 1. The van der Waals surface area contributed by atoms with Gasteiger partial charge < -0.3 is 19.5 Å². The molecule has 2 aromatic carbocycles. The van der Waals surface area contributed by atoms with Crippen molar-refractivity contribution in [3.8, 4) is 11.5 Å². The molecule has 7 heteroatoms. The van der Waals surface area contributed by atoms with Crippen molar-refractivity contribution in [2.24, 2.45) is 5.92 Å². The third-order valence-corrected chi connectivity index (χ3v) is 4.41. The Labute approximate surface area is 181 Å². The minimum atomic E-state index is -0.624. The van der Waals surface area contributed by atoms with Crippen molar-refractivity contribution in [2.45, 2.75) is 20.3 Å². The van der Waals surface area contributed by atoms with Crippen molar-refractivity contribution in [1.82, 2.24) is 0 Å². The zero-order valence-corrected chi connectivity index (χ0v) is 17.6. The molecule has 0 saturated carbocycles. The normalized spacial score (nSPS) is 12.6. The number of nitrogens with one attached hydrogen (secondary N) is 1. The van der Waals surface area contributed by atoms with Gasteiger partial charge in [0, 0.05) is 23.7 Å². The maximum atomic E-state index is 12.2. The van der Waals surface area contributed by atoms with Gasteiger partial charge in [-0.25, -0.2) is 4.79 Å². The van der Waals surface area contributed by atoms with E-state index in [2.05, 4.69) is 5.32 Å². The van der Waals surface area contributed by atoms with Gasteiger partial charge in [-0.1, -0.05) is 19.9 Å². The molecule has 3 rings (SSSR count). The SMILES string of the molecule is CC(C)CC(=O)Nc1ccc(C(=O)COC(=O)/C=C/c2ccc3c(c2)OCCO3)cc1. The first-order chi connectivity index (χ1) is 14.9. The van der Waals surface area contributed by atoms with Crippen molar-refractivity contribution in [2.75, 3.05) is 25.1 Å². The number of hydrogen-bond donors (Lipinski definition) is 1. The van der Waals surface area contributed by atoms with Crippen molar-refractivity contribution in [1.29, 1.82) is 0 Å². The van der Waals surface area contributed by atoms with E-state index in [-0.39, 0.29) is 24.2 Å². The Morgan fingerprint density at radius 3 is 2.45 bits per heavy atom. The van der Waals surface area contributed by atoms with Crippen LogP contribution in [-0.2, 0) is 14.3 Å². The summed E-state index contributed by atoms with van der Waals surface area (Å²) in [6.45, 7) is 4.55. The molecule has 7 nitrogen and oxygen atoms in total. The highest BCUT2D eigenvalue weighted by atomic mass is 16.6. The third-order valence-electron chi connectivity index (χ3n) is 4.41. The van der Waals surface area contributed by atoms with Gasteiger partial charge in [0.25, 0.3) is 0 Å². The summed E-state index contributed by atoms with van der Waals surface area (Å²) in [6, 6.07) is 11.8. The number of benzene rings is 2. The van der Waals surface area contributed by atoms with Crippen LogP contribution in [0.15, 0.2) is 48.5 Å². The van der Waals surface area contributed by atoms with E-state index in [1.165, 1.54) is 6.08 Å². The summed E-state index contributed by atoms with van der Waals surface area (Å²) in [7, 11) is 0. The molecule has 0 unspecified atom stereocenters. The molecule has 1 aliphatic heterocycles. The van der Waals surface area contributed by atoms with Crippen LogP contribution in [0, 0.1) is 5.92 Å². The van der Waals surface area contributed by atoms with Crippen molar-refractivity contribution in [3.63, 3.8) is 0 Å². The van der Waals surface area contributed by atoms with Crippen LogP contribution in [0.3, 0.4) is 0 Å². The lowest BCUT2D eigenvalue weighted by atomic mass is 10.1. The number of carbonyl (C=O) groups excluding carboxylic acids is 3. The molecular weight excluding hydrogens is 398 g/mol. The molecule has 2 aromatic rings. The van der Waals surface area contributed by atoms with Crippen molar-refractivity contribution in [3.05, 3.63) is 59.7 Å². The zero-order chi connectivity index (χ0) is 22.2. The standard InChI is InChI=1S/C24H25NO6/c1-16(2)13-23(27)25-19-7-5-18(6-8-19)20(26)15-31-24(28)10-4-17-3-9-21-22(14-17)30-12-11-29-21/h3-10,14,16H,11-13,15H2,1-2H3,(H,25,27)/b10-4+. The van der Waals surface area contributed by atoms with E-state index in [0.29, 0.717) is 42.4 Å². The zero-order valence-electron chi connectivity index (χ0n) is 17.6. The first kappa shape index (κ1) is 22.1. The van der Waals surface area contributed by atoms with E-state index in [0.717, 1.165) is 5.56 Å². The number of fused-ring (bicyclic) bond motifs is 1. The van der Waals surface area contributed by atoms with Crippen LogP contribution < -0.4 is 14.8 Å². The fourth-order valence-electron chi connectivity index (χ4n) is 2.92. The maximum Gasteiger partial charge on any atom is 0.331 e. The molecule has 0 saturated heterocycles. The molecule has 162 valence electrons. The van der Waals surface area contributed by atoms with Gasteiger partial charge in [-0.3, -0.25) is 9.59 Å². The Balaban J connectivity index is 1.48. The molecule has 0 radical (unpaired) electrons. The fraction of sp³-hybridized carbons (Fsp3) is 0.292. The van der Waals surface area contributed by atoms with Crippen molar-refractivity contribution >= 4 is 29.4 Å². The monoisotopic (exact) mass is 423 g/mol. The largest absolute Gasteiger partial charge is 0.486 e. The van der Waals surface area contributed by atoms with Gasteiger partial charge in [-0.15, -0.1) is 0 Å². The second kappa shape index (κ2) is 10.4. The molecule has 1 heterocycles. The Kier molecular flexibility index (Phi) is 7.43. The average Bonchev–Trinajstić information content (AvgIpc) is 2.75. The lowest BCUT2D eigenvalue weighted by molar-refractivity contribution is -0.136. The van der Waals surface area contributed by atoms with E-state index < -0.39 is 5.97 Å². The predicted molar refractivity (Wildman–Crippen MR) is 116 cm³/mol. The minimum Gasteiger partial charge on any atom is -0.486 e. The van der Waals surface area contributed by atoms with Gasteiger partial charge in [0.2, 0.25) is 5.91 Å². The maximum absolute atomic E-state index is 12.2. The molecule has 1 N–H and O–H groups in total. The summed E-state index contributed by atoms with van der Waals surface area (Å²) in [4.78, 5) is 36.0. The molecule has 0 bridgehead atoms. The second-order valence-electron chi connectivity index (χ2n) is 7.49. The van der Waals surface area contributed by atoms with E-state index >= 15 is 0 Å². The summed E-state index contributed by atoms with van der Waals surface area (Å²) < 4.78 is 16.0. The lowest BCUT2D eigenvalue weighted by Gasteiger charge is -2.18. The van der Waals surface area contributed by atoms with E-state index in [1.54, 1.807) is 48.5 Å². The number of Topliss-reactive ketones (excluding diaryl/α,β-unsaturated/α-hetero) is 1. The molecule has 0 aliphatic carbocycles. The number of hydrogen-bond acceptors (Lipinski definition) is 6. The number of amides is 1. The van der Waals surface area contributed by atoms with Crippen LogP contribution >= 0.6 is 0 Å². The van der Waals surface area contributed by atoms with Crippen LogP contribution in [0.2, 0.25) is 0 Å². The lowest BCUT2D eigenvalue weighted by Crippen LogP contribution is -2.15. The number of ketones is 1. The highest BCUT2D eigenvalue weighted by Crippen LogP contribution is 2.31. The minimum absolute atomic E-state index is 0.0761. The van der Waals surface area contributed by atoms with Gasteiger partial charge in [-0.2, -0.15) is 0 Å². The number of ether oxygens (including phenoxy) is 3. The van der Waals surface area contributed by atoms with Gasteiger partial charge >= 0.3 is 5.97 Å².